The van der Waals surface area contributed by atoms with Crippen LogP contribution in [0.2, 0.25) is 0 Å². The van der Waals surface area contributed by atoms with Crippen molar-refractivity contribution >= 4 is 11.8 Å². The van der Waals surface area contributed by atoms with E-state index in [0.29, 0.717) is 45.9 Å². The Bertz CT molecular complexity index is 329. The zero-order valence-corrected chi connectivity index (χ0v) is 11.4. The summed E-state index contributed by atoms with van der Waals surface area (Å²) in [4.78, 5) is 25.8. The third-order valence-electron chi connectivity index (χ3n) is 3.59. The normalized spacial score (nSPS) is 26.1. The Balaban J connectivity index is 1.67. The number of hydrogen-bond acceptors (Lipinski definition) is 4. The van der Waals surface area contributed by atoms with E-state index in [1.165, 1.54) is 0 Å². The van der Waals surface area contributed by atoms with Gasteiger partial charge in [0.15, 0.2) is 0 Å². The number of hydrogen-bond donors (Lipinski definition) is 1. The number of carbonyl (C=O) groups excluding carboxylic acids is 2. The Morgan fingerprint density at radius 1 is 1.32 bits per heavy atom. The third-order valence-corrected chi connectivity index (χ3v) is 3.59. The van der Waals surface area contributed by atoms with Gasteiger partial charge in [0.05, 0.1) is 25.0 Å². The number of carbonyl (C=O) groups is 2. The lowest BCUT2D eigenvalue weighted by atomic mass is 10.2. The summed E-state index contributed by atoms with van der Waals surface area (Å²) >= 11 is 0. The number of morpholine rings is 1. The molecular weight excluding hydrogens is 248 g/mol. The number of amides is 2. The molecule has 19 heavy (non-hydrogen) atoms. The van der Waals surface area contributed by atoms with Crippen molar-refractivity contribution in [1.82, 2.24) is 10.2 Å². The largest absolute Gasteiger partial charge is 0.385 e. The van der Waals surface area contributed by atoms with Gasteiger partial charge in [-0.15, -0.1) is 0 Å². The molecule has 0 radical (unpaired) electrons. The predicted molar refractivity (Wildman–Crippen MR) is 68.5 cm³/mol. The van der Waals surface area contributed by atoms with Crippen LogP contribution in [-0.2, 0) is 19.1 Å². The van der Waals surface area contributed by atoms with Crippen LogP contribution in [0.1, 0.15) is 12.8 Å². The summed E-state index contributed by atoms with van der Waals surface area (Å²) in [6, 6.07) is 0. The molecular formula is C13H22N2O4. The number of nitrogens with zero attached hydrogens (tertiary/aromatic N) is 1. The summed E-state index contributed by atoms with van der Waals surface area (Å²) < 4.78 is 10.1. The Morgan fingerprint density at radius 3 is 2.74 bits per heavy atom. The van der Waals surface area contributed by atoms with Crippen LogP contribution < -0.4 is 5.32 Å². The molecule has 2 rings (SSSR count). The van der Waals surface area contributed by atoms with Crippen LogP contribution in [0.25, 0.3) is 0 Å². The molecule has 1 saturated carbocycles. The Labute approximate surface area is 113 Å². The summed E-state index contributed by atoms with van der Waals surface area (Å²) in [7, 11) is 1.64. The molecule has 6 nitrogen and oxygen atoms in total. The quantitative estimate of drug-likeness (QED) is 0.669. The molecule has 0 aromatic rings. The summed E-state index contributed by atoms with van der Waals surface area (Å²) in [5, 5.41) is 2.85. The van der Waals surface area contributed by atoms with Gasteiger partial charge in [0, 0.05) is 33.4 Å². The maximum Gasteiger partial charge on any atom is 0.226 e. The van der Waals surface area contributed by atoms with Crippen molar-refractivity contribution < 1.29 is 19.1 Å². The third kappa shape index (κ3) is 3.91. The van der Waals surface area contributed by atoms with E-state index >= 15 is 0 Å². The highest BCUT2D eigenvalue weighted by Gasteiger charge is 2.49. The highest BCUT2D eigenvalue weighted by Crippen LogP contribution is 2.40. The molecule has 2 unspecified atom stereocenters. The van der Waals surface area contributed by atoms with E-state index in [1.807, 2.05) is 4.90 Å². The lowest BCUT2D eigenvalue weighted by molar-refractivity contribution is -0.138. The summed E-state index contributed by atoms with van der Waals surface area (Å²) in [5.74, 6) is -0.124. The molecule has 2 aliphatic rings. The van der Waals surface area contributed by atoms with Crippen LogP contribution in [0.15, 0.2) is 0 Å². The van der Waals surface area contributed by atoms with Gasteiger partial charge in [-0.2, -0.15) is 0 Å². The van der Waals surface area contributed by atoms with Crippen molar-refractivity contribution in [2.24, 2.45) is 11.8 Å². The second kappa shape index (κ2) is 6.86. The van der Waals surface area contributed by atoms with Gasteiger partial charge in [0.2, 0.25) is 11.8 Å². The minimum Gasteiger partial charge on any atom is -0.385 e. The van der Waals surface area contributed by atoms with Crippen LogP contribution in [0.4, 0.5) is 0 Å². The van der Waals surface area contributed by atoms with Gasteiger partial charge >= 0.3 is 0 Å². The zero-order valence-electron chi connectivity index (χ0n) is 11.4. The van der Waals surface area contributed by atoms with Crippen molar-refractivity contribution in [3.05, 3.63) is 0 Å². The first-order valence-electron chi connectivity index (χ1n) is 6.87. The highest BCUT2D eigenvalue weighted by molar-refractivity contribution is 5.92. The first-order chi connectivity index (χ1) is 9.24. The predicted octanol–water partition coefficient (Wildman–Crippen LogP) is -0.366. The maximum absolute atomic E-state index is 12.1. The van der Waals surface area contributed by atoms with Crippen LogP contribution in [0.3, 0.4) is 0 Å². The van der Waals surface area contributed by atoms with Crippen molar-refractivity contribution in [2.75, 3.05) is 46.6 Å². The number of ether oxygens (including phenoxy) is 2. The van der Waals surface area contributed by atoms with E-state index < -0.39 is 0 Å². The van der Waals surface area contributed by atoms with Gasteiger partial charge in [-0.25, -0.2) is 0 Å². The van der Waals surface area contributed by atoms with Gasteiger partial charge < -0.3 is 19.7 Å². The van der Waals surface area contributed by atoms with E-state index in [0.717, 1.165) is 6.42 Å². The van der Waals surface area contributed by atoms with Crippen LogP contribution in [0.5, 0.6) is 0 Å². The average molecular weight is 270 g/mol. The fourth-order valence-electron chi connectivity index (χ4n) is 2.34. The van der Waals surface area contributed by atoms with Crippen LogP contribution in [-0.4, -0.2) is 63.3 Å². The highest BCUT2D eigenvalue weighted by atomic mass is 16.5. The van der Waals surface area contributed by atoms with E-state index in [2.05, 4.69) is 5.32 Å². The van der Waals surface area contributed by atoms with E-state index in [9.17, 15) is 9.59 Å². The Hall–Kier alpha value is -1.14. The molecule has 2 amide bonds. The second-order valence-corrected chi connectivity index (χ2v) is 5.02. The minimum absolute atomic E-state index is 0.00251. The second-order valence-electron chi connectivity index (χ2n) is 5.02. The molecule has 0 spiro atoms. The van der Waals surface area contributed by atoms with Gasteiger partial charge in [-0.05, 0) is 12.8 Å². The molecule has 1 N–H and O–H groups in total. The molecule has 0 bridgehead atoms. The molecule has 1 heterocycles. The van der Waals surface area contributed by atoms with Gasteiger partial charge in [-0.1, -0.05) is 0 Å². The number of rotatable bonds is 6. The molecule has 2 fully saturated rings. The summed E-state index contributed by atoms with van der Waals surface area (Å²) in [6.07, 6.45) is 1.49. The van der Waals surface area contributed by atoms with E-state index in [1.54, 1.807) is 7.11 Å². The molecule has 1 aliphatic carbocycles. The fourth-order valence-corrected chi connectivity index (χ4v) is 2.34. The van der Waals surface area contributed by atoms with E-state index in [4.69, 9.17) is 9.47 Å². The van der Waals surface area contributed by atoms with Gasteiger partial charge in [0.25, 0.3) is 0 Å². The average Bonchev–Trinajstić information content (AvgIpc) is 3.24. The molecule has 2 atom stereocenters. The van der Waals surface area contributed by atoms with Gasteiger partial charge in [-0.3, -0.25) is 9.59 Å². The molecule has 0 aromatic heterocycles. The lowest BCUT2D eigenvalue weighted by Gasteiger charge is -2.27. The summed E-state index contributed by atoms with van der Waals surface area (Å²) in [6.45, 7) is 3.76. The monoisotopic (exact) mass is 270 g/mol. The van der Waals surface area contributed by atoms with Crippen molar-refractivity contribution in [3.63, 3.8) is 0 Å². The number of methoxy groups -OCH3 is 1. The SMILES string of the molecule is COCCCNC(=O)C1CC1C(=O)N1CCOCC1. The van der Waals surface area contributed by atoms with E-state index in [-0.39, 0.29) is 23.7 Å². The molecule has 1 saturated heterocycles. The molecule has 0 aromatic carbocycles. The minimum atomic E-state index is -0.127. The molecule has 6 heteroatoms. The summed E-state index contributed by atoms with van der Waals surface area (Å²) in [5.41, 5.74) is 0. The topological polar surface area (TPSA) is 67.9 Å². The molecule has 108 valence electrons. The van der Waals surface area contributed by atoms with Crippen molar-refractivity contribution in [1.29, 1.82) is 0 Å². The standard InChI is InChI=1S/C13H22N2O4/c1-18-6-2-3-14-12(16)10-9-11(10)13(17)15-4-7-19-8-5-15/h10-11H,2-9H2,1H3,(H,14,16). The van der Waals surface area contributed by atoms with Crippen LogP contribution >= 0.6 is 0 Å². The van der Waals surface area contributed by atoms with Crippen molar-refractivity contribution in [2.45, 2.75) is 12.8 Å². The Morgan fingerprint density at radius 2 is 2.05 bits per heavy atom. The first-order valence-corrected chi connectivity index (χ1v) is 6.87. The van der Waals surface area contributed by atoms with Crippen LogP contribution in [0, 0.1) is 11.8 Å². The number of nitrogens with one attached hydrogen (secondary N) is 1. The van der Waals surface area contributed by atoms with Gasteiger partial charge in [0.1, 0.15) is 0 Å². The molecule has 1 aliphatic heterocycles. The zero-order chi connectivity index (χ0) is 13.7. The Kier molecular flexibility index (Phi) is 5.15. The van der Waals surface area contributed by atoms with Crippen molar-refractivity contribution in [3.8, 4) is 0 Å². The first kappa shape index (κ1) is 14.3. The lowest BCUT2D eigenvalue weighted by Crippen LogP contribution is -2.42. The fraction of sp³-hybridized carbons (Fsp3) is 0.846. The maximum atomic E-state index is 12.1. The smallest absolute Gasteiger partial charge is 0.226 e.